The molecule has 0 radical (unpaired) electrons. The molecule has 0 saturated carbocycles. The van der Waals surface area contributed by atoms with Gasteiger partial charge in [-0.05, 0) is 125 Å². The number of rotatable bonds is 4. The summed E-state index contributed by atoms with van der Waals surface area (Å²) in [5.74, 6) is 0.316. The Morgan fingerprint density at radius 3 is 1.81 bits per heavy atom. The lowest BCUT2D eigenvalue weighted by Gasteiger charge is -2.17. The van der Waals surface area contributed by atoms with Crippen molar-refractivity contribution in [3.05, 3.63) is 246 Å². The molecule has 0 spiro atoms. The van der Waals surface area contributed by atoms with Crippen molar-refractivity contribution in [3.8, 4) is 39.1 Å². The van der Waals surface area contributed by atoms with Crippen molar-refractivity contribution in [2.24, 2.45) is 0 Å². The van der Waals surface area contributed by atoms with Gasteiger partial charge in [0.2, 0.25) is 0 Å². The highest BCUT2D eigenvalue weighted by Gasteiger charge is 2.34. The molecule has 0 saturated heterocycles. The second-order valence-corrected chi connectivity index (χ2v) is 16.3. The van der Waals surface area contributed by atoms with Crippen molar-refractivity contribution in [3.63, 3.8) is 0 Å². The van der Waals surface area contributed by atoms with E-state index in [1.807, 2.05) is 0 Å². The predicted molar refractivity (Wildman–Crippen MR) is 247 cm³/mol. The first-order chi connectivity index (χ1) is 29.3. The van der Waals surface area contributed by atoms with Crippen LogP contribution in [0.15, 0.2) is 212 Å². The summed E-state index contributed by atoms with van der Waals surface area (Å²) in [6.45, 7) is 0. The molecular formula is C58H37N. The summed E-state index contributed by atoms with van der Waals surface area (Å²) >= 11 is 0. The van der Waals surface area contributed by atoms with Crippen molar-refractivity contribution in [1.82, 2.24) is 4.57 Å². The standard InChI is InChI=1S/C58H37N/c1-2-15-38(16-3-1)55-47-22-10-8-20-44(47)49-30-32-54-57(58(49)55)52-35-41(27-31-53(52)59(54)42-28-25-36-13-4-5-17-39(36)33-42)40-26-29-50-51(34-40)45-21-9-11-23-48(45)56(50)46-24-12-18-37-14-6-7-19-43(37)46/h1-35,55-56H. The van der Waals surface area contributed by atoms with Gasteiger partial charge in [-0.1, -0.05) is 176 Å². The molecule has 0 bridgehead atoms. The molecule has 1 heteroatoms. The van der Waals surface area contributed by atoms with Crippen molar-refractivity contribution < 1.29 is 0 Å². The third-order valence-corrected chi connectivity index (χ3v) is 13.3. The Balaban J connectivity index is 1.06. The Hall–Kier alpha value is -7.48. The summed E-state index contributed by atoms with van der Waals surface area (Å²) in [4.78, 5) is 0. The van der Waals surface area contributed by atoms with Gasteiger partial charge in [0.15, 0.2) is 0 Å². The summed E-state index contributed by atoms with van der Waals surface area (Å²) in [6.07, 6.45) is 0. The van der Waals surface area contributed by atoms with Crippen molar-refractivity contribution >= 4 is 43.4 Å². The van der Waals surface area contributed by atoms with E-state index >= 15 is 0 Å². The minimum Gasteiger partial charge on any atom is -0.309 e. The average Bonchev–Trinajstić information content (AvgIpc) is 3.94. The Morgan fingerprint density at radius 1 is 0.322 bits per heavy atom. The molecule has 2 unspecified atom stereocenters. The third-order valence-electron chi connectivity index (χ3n) is 13.3. The van der Waals surface area contributed by atoms with E-state index in [0.29, 0.717) is 0 Å². The van der Waals surface area contributed by atoms with Crippen LogP contribution in [-0.2, 0) is 0 Å². The number of fused-ring (bicyclic) bond motifs is 12. The van der Waals surface area contributed by atoms with Gasteiger partial charge >= 0.3 is 0 Å². The molecule has 274 valence electrons. The first-order valence-corrected chi connectivity index (χ1v) is 20.7. The summed E-state index contributed by atoms with van der Waals surface area (Å²) in [5, 5.41) is 7.72. The smallest absolute Gasteiger partial charge is 0.0544 e. The van der Waals surface area contributed by atoms with Gasteiger partial charge in [-0.2, -0.15) is 0 Å². The first-order valence-electron chi connectivity index (χ1n) is 20.7. The zero-order valence-corrected chi connectivity index (χ0v) is 32.3. The minimum atomic E-state index is 0.132. The molecule has 0 aliphatic heterocycles. The maximum Gasteiger partial charge on any atom is 0.0544 e. The fraction of sp³-hybridized carbons (Fsp3) is 0.0345. The van der Waals surface area contributed by atoms with E-state index in [9.17, 15) is 0 Å². The average molecular weight is 748 g/mol. The van der Waals surface area contributed by atoms with Gasteiger partial charge in [-0.25, -0.2) is 0 Å². The minimum absolute atomic E-state index is 0.132. The predicted octanol–water partition coefficient (Wildman–Crippen LogP) is 15.1. The highest BCUT2D eigenvalue weighted by molar-refractivity contribution is 6.15. The molecule has 2 aliphatic rings. The van der Waals surface area contributed by atoms with Crippen LogP contribution in [0.25, 0.3) is 82.4 Å². The zero-order chi connectivity index (χ0) is 38.6. The lowest BCUT2D eigenvalue weighted by molar-refractivity contribution is 1.03. The number of hydrogen-bond donors (Lipinski definition) is 0. The van der Waals surface area contributed by atoms with Crippen molar-refractivity contribution in [2.75, 3.05) is 0 Å². The van der Waals surface area contributed by atoms with E-state index in [1.165, 1.54) is 116 Å². The van der Waals surface area contributed by atoms with Crippen molar-refractivity contribution in [2.45, 2.75) is 11.8 Å². The van der Waals surface area contributed by atoms with Crippen LogP contribution < -0.4 is 0 Å². The summed E-state index contributed by atoms with van der Waals surface area (Å²) in [5.41, 5.74) is 19.7. The molecule has 13 rings (SSSR count). The SMILES string of the molecule is c1ccc(C2c3ccccc3-c3ccc4c(c32)c2cc(-c3ccc5c(c3)-c3ccccc3C5c3cccc5ccccc35)ccc2n4-c2ccc3ccccc3c2)cc1. The van der Waals surface area contributed by atoms with Crippen LogP contribution in [0.1, 0.15) is 45.2 Å². The van der Waals surface area contributed by atoms with Crippen LogP contribution in [0.4, 0.5) is 0 Å². The van der Waals surface area contributed by atoms with Crippen LogP contribution in [0.3, 0.4) is 0 Å². The van der Waals surface area contributed by atoms with E-state index in [-0.39, 0.29) is 11.8 Å². The van der Waals surface area contributed by atoms with Gasteiger partial charge in [0.1, 0.15) is 0 Å². The number of aromatic nitrogens is 1. The highest BCUT2D eigenvalue weighted by Crippen LogP contribution is 2.54. The molecule has 0 fully saturated rings. The zero-order valence-electron chi connectivity index (χ0n) is 32.3. The monoisotopic (exact) mass is 747 g/mol. The lowest BCUT2D eigenvalue weighted by atomic mass is 9.85. The van der Waals surface area contributed by atoms with Gasteiger partial charge in [0.25, 0.3) is 0 Å². The van der Waals surface area contributed by atoms with E-state index < -0.39 is 0 Å². The summed E-state index contributed by atoms with van der Waals surface area (Å²) in [6, 6.07) is 79.5. The lowest BCUT2D eigenvalue weighted by Crippen LogP contribution is -2.00. The Morgan fingerprint density at radius 2 is 0.949 bits per heavy atom. The van der Waals surface area contributed by atoms with Crippen LogP contribution in [0.5, 0.6) is 0 Å². The quantitative estimate of drug-likeness (QED) is 0.169. The maximum atomic E-state index is 2.50. The number of hydrogen-bond acceptors (Lipinski definition) is 0. The topological polar surface area (TPSA) is 4.93 Å². The molecule has 1 aromatic heterocycles. The Labute approximate surface area is 343 Å². The first kappa shape index (κ1) is 32.6. The molecule has 10 aromatic carbocycles. The molecule has 1 heterocycles. The molecule has 2 aliphatic carbocycles. The molecule has 2 atom stereocenters. The molecular weight excluding hydrogens is 711 g/mol. The summed E-state index contributed by atoms with van der Waals surface area (Å²) < 4.78 is 2.50. The third kappa shape index (κ3) is 4.73. The van der Waals surface area contributed by atoms with E-state index in [1.54, 1.807) is 0 Å². The number of benzene rings is 10. The Kier molecular flexibility index (Phi) is 6.91. The molecule has 0 amide bonds. The highest BCUT2D eigenvalue weighted by atomic mass is 15.0. The normalized spacial score (nSPS) is 15.1. The fourth-order valence-electron chi connectivity index (χ4n) is 10.8. The van der Waals surface area contributed by atoms with E-state index in [0.717, 1.165) is 0 Å². The Bertz CT molecular complexity index is 3510. The molecule has 1 nitrogen and oxygen atoms in total. The second kappa shape index (κ2) is 12.5. The molecule has 11 aromatic rings. The van der Waals surface area contributed by atoms with Gasteiger partial charge in [-0.15, -0.1) is 0 Å². The van der Waals surface area contributed by atoms with Crippen molar-refractivity contribution in [1.29, 1.82) is 0 Å². The molecule has 0 N–H and O–H groups in total. The fourth-order valence-corrected chi connectivity index (χ4v) is 10.8. The van der Waals surface area contributed by atoms with Gasteiger partial charge in [-0.3, -0.25) is 0 Å². The van der Waals surface area contributed by atoms with Crippen LogP contribution in [0, 0.1) is 0 Å². The second-order valence-electron chi connectivity index (χ2n) is 16.3. The van der Waals surface area contributed by atoms with Gasteiger partial charge in [0, 0.05) is 28.3 Å². The maximum absolute atomic E-state index is 2.50. The summed E-state index contributed by atoms with van der Waals surface area (Å²) in [7, 11) is 0. The number of nitrogens with zero attached hydrogens (tertiary/aromatic N) is 1. The van der Waals surface area contributed by atoms with Gasteiger partial charge < -0.3 is 4.57 Å². The van der Waals surface area contributed by atoms with Crippen LogP contribution in [0.2, 0.25) is 0 Å². The van der Waals surface area contributed by atoms with E-state index in [2.05, 4.69) is 217 Å². The van der Waals surface area contributed by atoms with E-state index in [4.69, 9.17) is 0 Å². The molecule has 59 heavy (non-hydrogen) atoms. The largest absolute Gasteiger partial charge is 0.309 e. The van der Waals surface area contributed by atoms with Crippen LogP contribution >= 0.6 is 0 Å². The van der Waals surface area contributed by atoms with Crippen LogP contribution in [-0.4, -0.2) is 4.57 Å². The van der Waals surface area contributed by atoms with Gasteiger partial charge in [0.05, 0.1) is 11.0 Å².